The van der Waals surface area contributed by atoms with Gasteiger partial charge in [0.2, 0.25) is 0 Å². The summed E-state index contributed by atoms with van der Waals surface area (Å²) in [5.41, 5.74) is 2.87. The number of para-hydroxylation sites is 1. The van der Waals surface area contributed by atoms with E-state index in [1.807, 2.05) is 6.07 Å². The molecule has 9 heteroatoms. The fraction of sp³-hybridized carbons (Fsp3) is 0.227. The molecule has 0 atom stereocenters. The Morgan fingerprint density at radius 2 is 1.87 bits per heavy atom. The molecule has 8 nitrogen and oxygen atoms in total. The Kier molecular flexibility index (Phi) is 5.92. The van der Waals surface area contributed by atoms with Crippen molar-refractivity contribution in [1.29, 1.82) is 0 Å². The van der Waals surface area contributed by atoms with E-state index >= 15 is 0 Å². The van der Waals surface area contributed by atoms with Crippen molar-refractivity contribution in [2.75, 3.05) is 21.0 Å². The number of halogens is 1. The minimum atomic E-state index is -0.717. The van der Waals surface area contributed by atoms with Gasteiger partial charge in [0.25, 0.3) is 0 Å². The number of carbonyl (C=O) groups is 2. The van der Waals surface area contributed by atoms with Crippen molar-refractivity contribution in [2.24, 2.45) is 0 Å². The SMILES string of the molecule is COC(=O)c1c(-c2cc(CCl)c3c(c2)COCO3)nn(-c2ccccc2)c1C(=O)OC. The van der Waals surface area contributed by atoms with Crippen LogP contribution in [0, 0.1) is 0 Å². The highest BCUT2D eigenvalue weighted by molar-refractivity contribution is 6.17. The van der Waals surface area contributed by atoms with Crippen LogP contribution in [0.1, 0.15) is 32.0 Å². The first-order valence-corrected chi connectivity index (χ1v) is 9.90. The molecule has 0 bridgehead atoms. The minimum Gasteiger partial charge on any atom is -0.467 e. The number of esters is 2. The van der Waals surface area contributed by atoms with Gasteiger partial charge in [-0.15, -0.1) is 11.6 Å². The molecular formula is C22H19ClN2O6. The van der Waals surface area contributed by atoms with Crippen molar-refractivity contribution < 1.29 is 28.5 Å². The van der Waals surface area contributed by atoms with Crippen molar-refractivity contribution in [1.82, 2.24) is 9.78 Å². The van der Waals surface area contributed by atoms with Crippen molar-refractivity contribution in [3.05, 3.63) is 64.8 Å². The second-order valence-corrected chi connectivity index (χ2v) is 6.94. The summed E-state index contributed by atoms with van der Waals surface area (Å²) in [7, 11) is 2.48. The number of carbonyl (C=O) groups excluding carboxylic acids is 2. The third-order valence-electron chi connectivity index (χ3n) is 4.86. The highest BCUT2D eigenvalue weighted by Crippen LogP contribution is 2.36. The van der Waals surface area contributed by atoms with Gasteiger partial charge in [0, 0.05) is 16.7 Å². The topological polar surface area (TPSA) is 88.9 Å². The van der Waals surface area contributed by atoms with E-state index in [-0.39, 0.29) is 29.6 Å². The number of hydrogen-bond acceptors (Lipinski definition) is 7. The summed E-state index contributed by atoms with van der Waals surface area (Å²) < 4.78 is 22.3. The zero-order chi connectivity index (χ0) is 22.0. The van der Waals surface area contributed by atoms with Gasteiger partial charge in [0.05, 0.1) is 32.4 Å². The van der Waals surface area contributed by atoms with E-state index < -0.39 is 11.9 Å². The van der Waals surface area contributed by atoms with E-state index in [0.717, 1.165) is 11.1 Å². The van der Waals surface area contributed by atoms with Gasteiger partial charge in [-0.1, -0.05) is 18.2 Å². The van der Waals surface area contributed by atoms with Gasteiger partial charge in [0.1, 0.15) is 17.0 Å². The average molecular weight is 443 g/mol. The summed E-state index contributed by atoms with van der Waals surface area (Å²) in [6.07, 6.45) is 0. The molecule has 0 radical (unpaired) electrons. The molecule has 3 aromatic rings. The fourth-order valence-electron chi connectivity index (χ4n) is 3.49. The molecule has 0 aliphatic carbocycles. The summed E-state index contributed by atoms with van der Waals surface area (Å²) in [5.74, 6) is -0.590. The first-order chi connectivity index (χ1) is 15.1. The maximum atomic E-state index is 12.8. The molecule has 0 fully saturated rings. The third-order valence-corrected chi connectivity index (χ3v) is 5.15. The van der Waals surface area contributed by atoms with E-state index in [2.05, 4.69) is 5.10 Å². The van der Waals surface area contributed by atoms with Crippen molar-refractivity contribution >= 4 is 23.5 Å². The van der Waals surface area contributed by atoms with Gasteiger partial charge in [-0.25, -0.2) is 14.3 Å². The molecule has 0 saturated heterocycles. The highest BCUT2D eigenvalue weighted by atomic mass is 35.5. The smallest absolute Gasteiger partial charge is 0.357 e. The molecule has 0 amide bonds. The lowest BCUT2D eigenvalue weighted by Gasteiger charge is -2.21. The number of fused-ring (bicyclic) bond motifs is 1. The van der Waals surface area contributed by atoms with Crippen molar-refractivity contribution in [3.8, 4) is 22.7 Å². The molecular weight excluding hydrogens is 424 g/mol. The van der Waals surface area contributed by atoms with Crippen LogP contribution < -0.4 is 4.74 Å². The third kappa shape index (κ3) is 3.75. The van der Waals surface area contributed by atoms with Gasteiger partial charge < -0.3 is 18.9 Å². The maximum absolute atomic E-state index is 12.8. The maximum Gasteiger partial charge on any atom is 0.357 e. The number of hydrogen-bond donors (Lipinski definition) is 0. The van der Waals surface area contributed by atoms with E-state index in [1.54, 1.807) is 36.4 Å². The number of rotatable bonds is 5. The Bertz CT molecular complexity index is 1130. The Morgan fingerprint density at radius 1 is 1.13 bits per heavy atom. The molecule has 1 aliphatic rings. The molecule has 0 unspecified atom stereocenters. The predicted molar refractivity (Wildman–Crippen MR) is 112 cm³/mol. The van der Waals surface area contributed by atoms with Crippen molar-refractivity contribution in [3.63, 3.8) is 0 Å². The van der Waals surface area contributed by atoms with Crippen LogP contribution in [0.5, 0.6) is 5.75 Å². The zero-order valence-corrected chi connectivity index (χ0v) is 17.6. The summed E-state index contributed by atoms with van der Waals surface area (Å²) in [6.45, 7) is 0.461. The molecule has 31 heavy (non-hydrogen) atoms. The number of methoxy groups -OCH3 is 2. The van der Waals surface area contributed by atoms with Gasteiger partial charge in [-0.05, 0) is 24.3 Å². The van der Waals surface area contributed by atoms with E-state index in [9.17, 15) is 9.59 Å². The molecule has 2 heterocycles. The second-order valence-electron chi connectivity index (χ2n) is 6.67. The van der Waals surface area contributed by atoms with Crippen LogP contribution >= 0.6 is 11.6 Å². The number of alkyl halides is 1. The molecule has 0 N–H and O–H groups in total. The first kappa shape index (κ1) is 20.9. The lowest BCUT2D eigenvalue weighted by molar-refractivity contribution is -0.0168. The van der Waals surface area contributed by atoms with Gasteiger partial charge in [0.15, 0.2) is 12.5 Å². The van der Waals surface area contributed by atoms with Crippen LogP contribution in [0.25, 0.3) is 16.9 Å². The summed E-state index contributed by atoms with van der Waals surface area (Å²) in [6, 6.07) is 12.6. The molecule has 1 aromatic heterocycles. The van der Waals surface area contributed by atoms with Crippen LogP contribution in [0.15, 0.2) is 42.5 Å². The minimum absolute atomic E-state index is 0.00341. The molecule has 4 rings (SSSR count). The number of nitrogens with zero attached hydrogens (tertiary/aromatic N) is 2. The molecule has 160 valence electrons. The van der Waals surface area contributed by atoms with Gasteiger partial charge >= 0.3 is 11.9 Å². The first-order valence-electron chi connectivity index (χ1n) is 9.36. The van der Waals surface area contributed by atoms with Crippen LogP contribution in [0.3, 0.4) is 0 Å². The monoisotopic (exact) mass is 442 g/mol. The van der Waals surface area contributed by atoms with E-state index in [4.69, 9.17) is 30.5 Å². The van der Waals surface area contributed by atoms with Crippen LogP contribution in [0.4, 0.5) is 0 Å². The van der Waals surface area contributed by atoms with Crippen LogP contribution in [-0.4, -0.2) is 42.7 Å². The number of aromatic nitrogens is 2. The second kappa shape index (κ2) is 8.79. The Labute approximate surface area is 183 Å². The van der Waals surface area contributed by atoms with Crippen molar-refractivity contribution in [2.45, 2.75) is 12.5 Å². The Hall–Kier alpha value is -3.36. The number of ether oxygens (including phenoxy) is 4. The highest BCUT2D eigenvalue weighted by Gasteiger charge is 2.32. The van der Waals surface area contributed by atoms with Crippen LogP contribution in [-0.2, 0) is 26.7 Å². The summed E-state index contributed by atoms with van der Waals surface area (Å²) in [4.78, 5) is 25.5. The zero-order valence-electron chi connectivity index (χ0n) is 16.9. The standard InChI is InChI=1S/C22H19ClN2O6/c1-28-21(26)17-18(13-8-14(10-23)20-15(9-13)11-30-12-31-20)24-25(19(17)22(27)29-2)16-6-4-3-5-7-16/h3-9H,10-12H2,1-2H3. The van der Waals surface area contributed by atoms with Gasteiger partial charge in [-0.3, -0.25) is 0 Å². The summed E-state index contributed by atoms with van der Waals surface area (Å²) in [5, 5.41) is 4.60. The molecule has 2 aromatic carbocycles. The summed E-state index contributed by atoms with van der Waals surface area (Å²) >= 11 is 6.15. The van der Waals surface area contributed by atoms with Crippen LogP contribution in [0.2, 0.25) is 0 Å². The lowest BCUT2D eigenvalue weighted by atomic mass is 9.99. The Morgan fingerprint density at radius 3 is 2.55 bits per heavy atom. The van der Waals surface area contributed by atoms with E-state index in [0.29, 0.717) is 23.6 Å². The van der Waals surface area contributed by atoms with Gasteiger partial charge in [-0.2, -0.15) is 5.10 Å². The number of benzene rings is 2. The molecule has 0 spiro atoms. The molecule has 1 aliphatic heterocycles. The largest absolute Gasteiger partial charge is 0.467 e. The quantitative estimate of drug-likeness (QED) is 0.439. The predicted octanol–water partition coefficient (Wildman–Crippen LogP) is 3.72. The van der Waals surface area contributed by atoms with E-state index in [1.165, 1.54) is 18.9 Å². The molecule has 0 saturated carbocycles. The fourth-order valence-corrected chi connectivity index (χ4v) is 3.69. The average Bonchev–Trinajstić information content (AvgIpc) is 3.23. The lowest BCUT2D eigenvalue weighted by Crippen LogP contribution is -2.15. The normalized spacial score (nSPS) is 12.6. The Balaban J connectivity index is 2.01.